The minimum atomic E-state index is -0.395. The number of hydroxylamine groups is 2. The van der Waals surface area contributed by atoms with Gasteiger partial charge in [-0.25, -0.2) is 0 Å². The molecule has 2 rings (SSSR count). The molecule has 1 aromatic rings. The van der Waals surface area contributed by atoms with Gasteiger partial charge in [0.25, 0.3) is 0 Å². The number of hydrogen-bond donors (Lipinski definition) is 1. The standard InChI is InChI=1S/C19H27NO3/c1-18(2)12-15(13-19(3,4)20(18)21)8-7-14-9-16(22-5)11-17(10-14)23-6/h7-12,21H,13H2,1-6H3/b8-7+. The van der Waals surface area contributed by atoms with Crippen molar-refractivity contribution in [3.63, 3.8) is 0 Å². The third-order valence-corrected chi connectivity index (χ3v) is 4.16. The smallest absolute Gasteiger partial charge is 0.123 e. The summed E-state index contributed by atoms with van der Waals surface area (Å²) in [5.41, 5.74) is 1.52. The molecule has 0 bridgehead atoms. The van der Waals surface area contributed by atoms with E-state index in [0.717, 1.165) is 23.5 Å². The molecule has 0 spiro atoms. The Morgan fingerprint density at radius 2 is 1.57 bits per heavy atom. The average molecular weight is 317 g/mol. The van der Waals surface area contributed by atoms with Gasteiger partial charge >= 0.3 is 0 Å². The summed E-state index contributed by atoms with van der Waals surface area (Å²) in [4.78, 5) is 0. The number of ether oxygens (including phenoxy) is 2. The van der Waals surface area contributed by atoms with Gasteiger partial charge in [0.1, 0.15) is 11.5 Å². The van der Waals surface area contributed by atoms with Gasteiger partial charge in [-0.1, -0.05) is 18.2 Å². The quantitative estimate of drug-likeness (QED) is 0.899. The summed E-state index contributed by atoms with van der Waals surface area (Å²) in [6.07, 6.45) is 7.04. The Hall–Kier alpha value is -1.78. The van der Waals surface area contributed by atoms with E-state index in [1.807, 2.05) is 45.9 Å². The number of rotatable bonds is 4. The molecule has 23 heavy (non-hydrogen) atoms. The largest absolute Gasteiger partial charge is 0.497 e. The molecule has 4 nitrogen and oxygen atoms in total. The van der Waals surface area contributed by atoms with E-state index in [1.54, 1.807) is 14.2 Å². The summed E-state index contributed by atoms with van der Waals surface area (Å²) in [7, 11) is 3.29. The average Bonchev–Trinajstić information content (AvgIpc) is 2.49. The zero-order valence-corrected chi connectivity index (χ0v) is 14.9. The van der Waals surface area contributed by atoms with E-state index in [1.165, 1.54) is 10.6 Å². The second-order valence-electron chi connectivity index (χ2n) is 7.15. The van der Waals surface area contributed by atoms with Crippen molar-refractivity contribution in [3.05, 3.63) is 41.5 Å². The van der Waals surface area contributed by atoms with Crippen molar-refractivity contribution in [1.29, 1.82) is 0 Å². The highest BCUT2D eigenvalue weighted by atomic mass is 16.5. The number of hydrogen-bond acceptors (Lipinski definition) is 4. The summed E-state index contributed by atoms with van der Waals surface area (Å²) in [5.74, 6) is 1.53. The van der Waals surface area contributed by atoms with Crippen molar-refractivity contribution < 1.29 is 14.7 Å². The van der Waals surface area contributed by atoms with E-state index >= 15 is 0 Å². The van der Waals surface area contributed by atoms with Crippen LogP contribution >= 0.6 is 0 Å². The lowest BCUT2D eigenvalue weighted by Crippen LogP contribution is -2.55. The van der Waals surface area contributed by atoms with Crippen LogP contribution in [0.25, 0.3) is 6.08 Å². The molecule has 0 saturated carbocycles. The van der Waals surface area contributed by atoms with Crippen molar-refractivity contribution in [1.82, 2.24) is 5.06 Å². The van der Waals surface area contributed by atoms with Crippen molar-refractivity contribution in [3.8, 4) is 11.5 Å². The molecule has 126 valence electrons. The van der Waals surface area contributed by atoms with Gasteiger partial charge in [-0.3, -0.25) is 0 Å². The van der Waals surface area contributed by atoms with E-state index in [2.05, 4.69) is 18.2 Å². The van der Waals surface area contributed by atoms with Crippen LogP contribution in [-0.4, -0.2) is 35.6 Å². The monoisotopic (exact) mass is 317 g/mol. The van der Waals surface area contributed by atoms with Crippen LogP contribution in [0.5, 0.6) is 11.5 Å². The van der Waals surface area contributed by atoms with E-state index < -0.39 is 5.54 Å². The fraction of sp³-hybridized carbons (Fsp3) is 0.474. The number of benzene rings is 1. The molecule has 0 aliphatic carbocycles. The first kappa shape index (κ1) is 17.6. The first-order valence-corrected chi connectivity index (χ1v) is 7.80. The van der Waals surface area contributed by atoms with Gasteiger partial charge in [0.05, 0.1) is 19.8 Å². The molecule has 1 aliphatic rings. The van der Waals surface area contributed by atoms with Crippen molar-refractivity contribution in [2.45, 2.75) is 45.2 Å². The second kappa shape index (κ2) is 6.38. The van der Waals surface area contributed by atoms with Crippen LogP contribution in [0.4, 0.5) is 0 Å². The molecular formula is C19H27NO3. The Kier molecular flexibility index (Phi) is 4.87. The van der Waals surface area contributed by atoms with Crippen LogP contribution in [0.1, 0.15) is 39.7 Å². The maximum atomic E-state index is 10.3. The molecule has 0 saturated heterocycles. The van der Waals surface area contributed by atoms with Crippen LogP contribution in [0.2, 0.25) is 0 Å². The molecule has 0 radical (unpaired) electrons. The molecule has 0 atom stereocenters. The maximum Gasteiger partial charge on any atom is 0.123 e. The Bertz CT molecular complexity index is 607. The molecule has 0 unspecified atom stereocenters. The normalized spacial score (nSPS) is 20.4. The van der Waals surface area contributed by atoms with Gasteiger partial charge in [-0.05, 0) is 57.4 Å². The minimum Gasteiger partial charge on any atom is -0.497 e. The molecule has 0 aromatic heterocycles. The van der Waals surface area contributed by atoms with Gasteiger partial charge in [0, 0.05) is 11.6 Å². The summed E-state index contributed by atoms with van der Waals surface area (Å²) < 4.78 is 10.6. The molecule has 1 aliphatic heterocycles. The van der Waals surface area contributed by atoms with Crippen LogP contribution in [-0.2, 0) is 0 Å². The predicted molar refractivity (Wildman–Crippen MR) is 93.1 cm³/mol. The molecule has 0 amide bonds. The summed E-state index contributed by atoms with van der Waals surface area (Å²) in [5, 5.41) is 11.8. The van der Waals surface area contributed by atoms with Crippen LogP contribution in [0.15, 0.2) is 35.9 Å². The lowest BCUT2D eigenvalue weighted by Gasteiger charge is -2.46. The lowest BCUT2D eigenvalue weighted by molar-refractivity contribution is -0.213. The zero-order valence-electron chi connectivity index (χ0n) is 14.9. The maximum absolute atomic E-state index is 10.3. The Morgan fingerprint density at radius 3 is 2.04 bits per heavy atom. The number of nitrogens with zero attached hydrogens (tertiary/aromatic N) is 1. The molecule has 0 fully saturated rings. The number of methoxy groups -OCH3 is 2. The molecule has 4 heteroatoms. The van der Waals surface area contributed by atoms with Crippen molar-refractivity contribution in [2.75, 3.05) is 14.2 Å². The van der Waals surface area contributed by atoms with E-state index in [0.29, 0.717) is 0 Å². The van der Waals surface area contributed by atoms with Gasteiger partial charge in [-0.15, -0.1) is 0 Å². The summed E-state index contributed by atoms with van der Waals surface area (Å²) in [6.45, 7) is 8.11. The summed E-state index contributed by atoms with van der Waals surface area (Å²) >= 11 is 0. The third kappa shape index (κ3) is 3.95. The predicted octanol–water partition coefficient (Wildman–Crippen LogP) is 4.30. The highest BCUT2D eigenvalue weighted by Crippen LogP contribution is 2.36. The molecule has 1 heterocycles. The Morgan fingerprint density at radius 1 is 1.00 bits per heavy atom. The van der Waals surface area contributed by atoms with Crippen LogP contribution in [0.3, 0.4) is 0 Å². The fourth-order valence-corrected chi connectivity index (χ4v) is 3.16. The zero-order chi connectivity index (χ0) is 17.3. The lowest BCUT2D eigenvalue weighted by atomic mass is 9.82. The second-order valence-corrected chi connectivity index (χ2v) is 7.15. The van der Waals surface area contributed by atoms with E-state index in [-0.39, 0.29) is 5.54 Å². The molecule has 1 aromatic carbocycles. The van der Waals surface area contributed by atoms with Crippen LogP contribution < -0.4 is 9.47 Å². The highest BCUT2D eigenvalue weighted by molar-refractivity contribution is 5.58. The van der Waals surface area contributed by atoms with Crippen LogP contribution in [0, 0.1) is 0 Å². The van der Waals surface area contributed by atoms with Gasteiger partial charge in [0.2, 0.25) is 0 Å². The van der Waals surface area contributed by atoms with Crippen molar-refractivity contribution >= 4 is 6.08 Å². The molecular weight excluding hydrogens is 290 g/mol. The minimum absolute atomic E-state index is 0.302. The fourth-order valence-electron chi connectivity index (χ4n) is 3.16. The van der Waals surface area contributed by atoms with Gasteiger partial charge < -0.3 is 14.7 Å². The molecule has 1 N–H and O–H groups in total. The first-order chi connectivity index (χ1) is 10.7. The third-order valence-electron chi connectivity index (χ3n) is 4.16. The number of allylic oxidation sites excluding steroid dienone is 1. The van der Waals surface area contributed by atoms with E-state index in [9.17, 15) is 5.21 Å². The Labute approximate surface area is 139 Å². The van der Waals surface area contributed by atoms with Gasteiger partial charge in [-0.2, -0.15) is 5.06 Å². The summed E-state index contributed by atoms with van der Waals surface area (Å²) in [6, 6.07) is 5.79. The van der Waals surface area contributed by atoms with Crippen molar-refractivity contribution in [2.24, 2.45) is 0 Å². The Balaban J connectivity index is 2.30. The highest BCUT2D eigenvalue weighted by Gasteiger charge is 2.39. The first-order valence-electron chi connectivity index (χ1n) is 7.80. The van der Waals surface area contributed by atoms with Gasteiger partial charge in [0.15, 0.2) is 0 Å². The topological polar surface area (TPSA) is 41.9 Å². The SMILES string of the molecule is COc1cc(/C=C/C2=CC(C)(C)N(O)C(C)(C)C2)cc(OC)c1. The van der Waals surface area contributed by atoms with E-state index in [4.69, 9.17) is 9.47 Å².